The number of furan rings is 1. The summed E-state index contributed by atoms with van der Waals surface area (Å²) in [4.78, 5) is 25.5. The molecule has 2 aromatic rings. The first-order valence-corrected chi connectivity index (χ1v) is 8.78. The molecule has 3 rings (SSSR count). The minimum atomic E-state index is -0.414. The number of carbonyl (C=O) groups is 1. The summed E-state index contributed by atoms with van der Waals surface area (Å²) < 4.78 is 5.17. The molecule has 2 heterocycles. The van der Waals surface area contributed by atoms with Crippen molar-refractivity contribution in [1.29, 1.82) is 0 Å². The van der Waals surface area contributed by atoms with Crippen LogP contribution in [0.5, 0.6) is 0 Å². The molecule has 7 heteroatoms. The van der Waals surface area contributed by atoms with E-state index in [1.54, 1.807) is 24.3 Å². The zero-order chi connectivity index (χ0) is 18.7. The predicted molar refractivity (Wildman–Crippen MR) is 98.1 cm³/mol. The second-order valence-electron chi connectivity index (χ2n) is 7.07. The van der Waals surface area contributed by atoms with Gasteiger partial charge in [0.05, 0.1) is 17.7 Å². The van der Waals surface area contributed by atoms with Gasteiger partial charge in [-0.15, -0.1) is 0 Å². The van der Waals surface area contributed by atoms with Gasteiger partial charge in [0.15, 0.2) is 0 Å². The second kappa shape index (κ2) is 7.59. The van der Waals surface area contributed by atoms with Crippen LogP contribution in [0.1, 0.15) is 36.4 Å². The maximum Gasteiger partial charge on any atom is 0.293 e. The van der Waals surface area contributed by atoms with Crippen LogP contribution in [0.25, 0.3) is 0 Å². The normalized spacial score (nSPS) is 20.0. The molecule has 0 saturated carbocycles. The number of nitrogens with one attached hydrogen (secondary N) is 1. The Labute approximate surface area is 152 Å². The molecule has 1 fully saturated rings. The average molecular weight is 357 g/mol. The molecule has 2 atom stereocenters. The molecule has 138 valence electrons. The number of anilines is 1. The summed E-state index contributed by atoms with van der Waals surface area (Å²) in [5.74, 6) is 1.22. The topological polar surface area (TPSA) is 88.6 Å². The van der Waals surface area contributed by atoms with Gasteiger partial charge < -0.3 is 14.6 Å². The molecule has 1 aromatic carbocycles. The van der Waals surface area contributed by atoms with E-state index in [-0.39, 0.29) is 23.7 Å². The lowest BCUT2D eigenvalue weighted by Gasteiger charge is -2.36. The molecule has 7 nitrogen and oxygen atoms in total. The molecular weight excluding hydrogens is 334 g/mol. The fraction of sp³-hybridized carbons (Fsp3) is 0.421. The van der Waals surface area contributed by atoms with Gasteiger partial charge in [-0.25, -0.2) is 0 Å². The van der Waals surface area contributed by atoms with E-state index in [9.17, 15) is 14.9 Å². The SMILES string of the molecule is CC1CC(C)CN(c2ccc(C(=O)NCc3ccco3)cc2[N+](=O)[O-])C1. The van der Waals surface area contributed by atoms with Crippen molar-refractivity contribution in [1.82, 2.24) is 5.32 Å². The number of nitrogens with zero attached hydrogens (tertiary/aromatic N) is 2. The Morgan fingerprint density at radius 2 is 2.04 bits per heavy atom. The number of benzene rings is 1. The number of nitro groups is 1. The predicted octanol–water partition coefficient (Wildman–Crippen LogP) is 3.60. The van der Waals surface area contributed by atoms with E-state index >= 15 is 0 Å². The van der Waals surface area contributed by atoms with Crippen LogP contribution in [0.15, 0.2) is 41.0 Å². The van der Waals surface area contributed by atoms with Gasteiger partial charge >= 0.3 is 0 Å². The Hall–Kier alpha value is -2.83. The lowest BCUT2D eigenvalue weighted by molar-refractivity contribution is -0.384. The van der Waals surface area contributed by atoms with Crippen molar-refractivity contribution >= 4 is 17.3 Å². The van der Waals surface area contributed by atoms with Crippen LogP contribution in [0.4, 0.5) is 11.4 Å². The second-order valence-corrected chi connectivity index (χ2v) is 7.07. The fourth-order valence-corrected chi connectivity index (χ4v) is 3.62. The monoisotopic (exact) mass is 357 g/mol. The minimum absolute atomic E-state index is 0.0306. The standard InChI is InChI=1S/C19H23N3O4/c1-13-8-14(2)12-21(11-13)17-6-5-15(9-18(17)22(24)25)19(23)20-10-16-4-3-7-26-16/h3-7,9,13-14H,8,10-12H2,1-2H3,(H,20,23). The van der Waals surface area contributed by atoms with Crippen molar-refractivity contribution in [2.75, 3.05) is 18.0 Å². The van der Waals surface area contributed by atoms with E-state index in [1.807, 2.05) is 0 Å². The molecule has 1 aliphatic heterocycles. The molecule has 26 heavy (non-hydrogen) atoms. The average Bonchev–Trinajstić information content (AvgIpc) is 3.11. The van der Waals surface area contributed by atoms with E-state index < -0.39 is 4.92 Å². The number of rotatable bonds is 5. The van der Waals surface area contributed by atoms with Crippen molar-refractivity contribution in [2.45, 2.75) is 26.8 Å². The van der Waals surface area contributed by atoms with Crippen LogP contribution >= 0.6 is 0 Å². The Bertz CT molecular complexity index is 778. The molecule has 1 saturated heterocycles. The molecule has 0 radical (unpaired) electrons. The summed E-state index contributed by atoms with van der Waals surface area (Å²) in [6.45, 7) is 6.13. The third-order valence-electron chi connectivity index (χ3n) is 4.65. The van der Waals surface area contributed by atoms with E-state index in [0.717, 1.165) is 19.5 Å². The Morgan fingerprint density at radius 1 is 1.31 bits per heavy atom. The van der Waals surface area contributed by atoms with Gasteiger partial charge in [-0.2, -0.15) is 0 Å². The molecule has 1 aliphatic rings. The van der Waals surface area contributed by atoms with Crippen molar-refractivity contribution in [2.24, 2.45) is 11.8 Å². The van der Waals surface area contributed by atoms with Crippen molar-refractivity contribution in [3.8, 4) is 0 Å². The number of carbonyl (C=O) groups excluding carboxylic acids is 1. The highest BCUT2D eigenvalue weighted by Crippen LogP contribution is 2.33. The van der Waals surface area contributed by atoms with E-state index in [4.69, 9.17) is 4.42 Å². The maximum atomic E-state index is 12.3. The van der Waals surface area contributed by atoms with Crippen LogP contribution in [-0.4, -0.2) is 23.9 Å². The number of nitro benzene ring substituents is 1. The number of hydrogen-bond donors (Lipinski definition) is 1. The van der Waals surface area contributed by atoms with Crippen LogP contribution in [-0.2, 0) is 6.54 Å². The highest BCUT2D eigenvalue weighted by molar-refractivity contribution is 5.95. The number of piperidine rings is 1. The molecule has 0 spiro atoms. The molecule has 0 bridgehead atoms. The molecular formula is C19H23N3O4. The summed E-state index contributed by atoms with van der Waals surface area (Å²) in [6, 6.07) is 8.18. The van der Waals surface area contributed by atoms with Crippen molar-refractivity contribution in [3.05, 3.63) is 58.0 Å². The maximum absolute atomic E-state index is 12.3. The highest BCUT2D eigenvalue weighted by atomic mass is 16.6. The quantitative estimate of drug-likeness (QED) is 0.652. The van der Waals surface area contributed by atoms with Gasteiger partial charge in [0.1, 0.15) is 11.4 Å². The van der Waals surface area contributed by atoms with Crippen LogP contribution < -0.4 is 10.2 Å². The highest BCUT2D eigenvalue weighted by Gasteiger charge is 2.27. The van der Waals surface area contributed by atoms with Crippen LogP contribution in [0.2, 0.25) is 0 Å². The number of amides is 1. The molecule has 1 N–H and O–H groups in total. The molecule has 0 aliphatic carbocycles. The van der Waals surface area contributed by atoms with E-state index in [0.29, 0.717) is 23.3 Å². The van der Waals surface area contributed by atoms with E-state index in [1.165, 1.54) is 12.3 Å². The first kappa shape index (κ1) is 18.0. The third kappa shape index (κ3) is 4.04. The smallest absolute Gasteiger partial charge is 0.293 e. The van der Waals surface area contributed by atoms with Crippen LogP contribution in [0.3, 0.4) is 0 Å². The van der Waals surface area contributed by atoms with Gasteiger partial charge in [-0.1, -0.05) is 13.8 Å². The van der Waals surface area contributed by atoms with Gasteiger partial charge in [-0.05, 0) is 42.5 Å². The summed E-state index contributed by atoms with van der Waals surface area (Å²) in [7, 11) is 0. The molecule has 1 aromatic heterocycles. The molecule has 1 amide bonds. The largest absolute Gasteiger partial charge is 0.467 e. The van der Waals surface area contributed by atoms with Gasteiger partial charge in [0.2, 0.25) is 0 Å². The zero-order valence-electron chi connectivity index (χ0n) is 15.0. The Morgan fingerprint density at radius 3 is 2.65 bits per heavy atom. The van der Waals surface area contributed by atoms with Gasteiger partial charge in [0, 0.05) is 24.7 Å². The molecule has 2 unspecified atom stereocenters. The number of hydrogen-bond acceptors (Lipinski definition) is 5. The Balaban J connectivity index is 1.80. The lowest BCUT2D eigenvalue weighted by Crippen LogP contribution is -2.39. The minimum Gasteiger partial charge on any atom is -0.467 e. The first-order chi connectivity index (χ1) is 12.4. The summed E-state index contributed by atoms with van der Waals surface area (Å²) in [5.41, 5.74) is 0.818. The first-order valence-electron chi connectivity index (χ1n) is 8.78. The van der Waals surface area contributed by atoms with Crippen LogP contribution in [0, 0.1) is 22.0 Å². The van der Waals surface area contributed by atoms with Crippen molar-refractivity contribution in [3.63, 3.8) is 0 Å². The van der Waals surface area contributed by atoms with Gasteiger partial charge in [0.25, 0.3) is 11.6 Å². The fourth-order valence-electron chi connectivity index (χ4n) is 3.62. The summed E-state index contributed by atoms with van der Waals surface area (Å²) >= 11 is 0. The van der Waals surface area contributed by atoms with Crippen molar-refractivity contribution < 1.29 is 14.1 Å². The zero-order valence-corrected chi connectivity index (χ0v) is 15.0. The summed E-state index contributed by atoms with van der Waals surface area (Å²) in [6.07, 6.45) is 2.65. The summed E-state index contributed by atoms with van der Waals surface area (Å²) in [5, 5.41) is 14.3. The Kier molecular flexibility index (Phi) is 5.25. The van der Waals surface area contributed by atoms with Gasteiger partial charge in [-0.3, -0.25) is 14.9 Å². The third-order valence-corrected chi connectivity index (χ3v) is 4.65. The lowest BCUT2D eigenvalue weighted by atomic mass is 9.91. The van der Waals surface area contributed by atoms with E-state index in [2.05, 4.69) is 24.1 Å².